The van der Waals surface area contributed by atoms with Crippen LogP contribution in [-0.4, -0.2) is 26.2 Å². The minimum Gasteiger partial charge on any atom is -0.382 e. The number of hydrogen-bond acceptors (Lipinski definition) is 4. The molecule has 1 aliphatic carbocycles. The summed E-state index contributed by atoms with van der Waals surface area (Å²) in [5.41, 5.74) is 3.45. The van der Waals surface area contributed by atoms with Crippen LogP contribution in [0.15, 0.2) is 24.5 Å². The molecule has 2 atom stereocenters. The third-order valence-electron chi connectivity index (χ3n) is 4.29. The van der Waals surface area contributed by atoms with Crippen molar-refractivity contribution in [2.75, 3.05) is 5.32 Å². The van der Waals surface area contributed by atoms with Gasteiger partial charge in [-0.3, -0.25) is 0 Å². The quantitative estimate of drug-likeness (QED) is 0.932. The Morgan fingerprint density at radius 3 is 2.85 bits per heavy atom. The van der Waals surface area contributed by atoms with E-state index in [2.05, 4.69) is 46.8 Å². The Morgan fingerprint density at radius 2 is 2.10 bits per heavy atom. The van der Waals surface area contributed by atoms with Crippen LogP contribution in [0.1, 0.15) is 38.2 Å². The lowest BCUT2D eigenvalue weighted by atomic mass is 9.85. The molecule has 0 spiro atoms. The van der Waals surface area contributed by atoms with E-state index in [9.17, 15) is 0 Å². The van der Waals surface area contributed by atoms with E-state index in [1.807, 2.05) is 6.07 Å². The molecular weight excluding hydrogens is 250 g/mol. The first kappa shape index (κ1) is 13.1. The monoisotopic (exact) mass is 271 g/mol. The van der Waals surface area contributed by atoms with Crippen LogP contribution in [-0.2, 0) is 0 Å². The second kappa shape index (κ2) is 5.61. The third kappa shape index (κ3) is 2.66. The van der Waals surface area contributed by atoms with E-state index in [0.717, 1.165) is 11.6 Å². The zero-order valence-corrected chi connectivity index (χ0v) is 12.1. The van der Waals surface area contributed by atoms with Crippen LogP contribution in [0, 0.1) is 12.8 Å². The zero-order valence-electron chi connectivity index (χ0n) is 12.1. The van der Waals surface area contributed by atoms with Crippen LogP contribution in [0.3, 0.4) is 0 Å². The topological polar surface area (TPSA) is 55.6 Å². The molecule has 0 saturated heterocycles. The Kier molecular flexibility index (Phi) is 3.67. The highest BCUT2D eigenvalue weighted by Gasteiger charge is 2.21. The second-order valence-electron chi connectivity index (χ2n) is 5.77. The van der Waals surface area contributed by atoms with E-state index in [-0.39, 0.29) is 0 Å². The summed E-state index contributed by atoms with van der Waals surface area (Å²) in [5, 5.41) is 15.0. The Hall–Kier alpha value is -1.91. The first-order valence-corrected chi connectivity index (χ1v) is 7.34. The third-order valence-corrected chi connectivity index (χ3v) is 4.29. The maximum Gasteiger partial charge on any atom is 0.143 e. The summed E-state index contributed by atoms with van der Waals surface area (Å²) < 4.78 is 1.69. The van der Waals surface area contributed by atoms with Crippen LogP contribution >= 0.6 is 0 Å². The van der Waals surface area contributed by atoms with Crippen molar-refractivity contribution in [2.45, 2.75) is 45.6 Å². The molecule has 5 heteroatoms. The van der Waals surface area contributed by atoms with E-state index in [0.29, 0.717) is 6.04 Å². The Balaban J connectivity index is 1.83. The molecule has 2 aromatic rings. The fourth-order valence-corrected chi connectivity index (χ4v) is 2.92. The normalized spacial score (nSPS) is 22.7. The Labute approximate surface area is 119 Å². The number of aryl methyl sites for hydroxylation is 1. The van der Waals surface area contributed by atoms with Gasteiger partial charge in [-0.2, -0.15) is 0 Å². The molecule has 0 aliphatic heterocycles. The molecular formula is C15H21N5. The van der Waals surface area contributed by atoms with Crippen molar-refractivity contribution in [1.82, 2.24) is 20.2 Å². The molecule has 106 valence electrons. The molecule has 1 N–H and O–H groups in total. The van der Waals surface area contributed by atoms with Crippen LogP contribution in [0.25, 0.3) is 5.69 Å². The Bertz CT molecular complexity index is 564. The van der Waals surface area contributed by atoms with E-state index < -0.39 is 0 Å². The molecule has 3 rings (SSSR count). The lowest BCUT2D eigenvalue weighted by Gasteiger charge is -2.31. The first-order valence-electron chi connectivity index (χ1n) is 7.34. The molecule has 1 aromatic carbocycles. The molecule has 1 heterocycles. The average molecular weight is 271 g/mol. The number of nitrogens with one attached hydrogen (secondary N) is 1. The van der Waals surface area contributed by atoms with Gasteiger partial charge in [-0.25, -0.2) is 4.68 Å². The SMILES string of the molecule is Cc1ccc(-n2cnnn2)cc1NC1CCCCC1C. The summed E-state index contributed by atoms with van der Waals surface area (Å²) in [5.74, 6) is 0.736. The molecule has 0 bridgehead atoms. The summed E-state index contributed by atoms with van der Waals surface area (Å²) in [6.07, 6.45) is 6.90. The lowest BCUT2D eigenvalue weighted by Crippen LogP contribution is -2.30. The highest BCUT2D eigenvalue weighted by molar-refractivity contribution is 5.57. The molecule has 20 heavy (non-hydrogen) atoms. The number of nitrogens with zero attached hydrogens (tertiary/aromatic N) is 4. The van der Waals surface area contributed by atoms with Gasteiger partial charge in [0.25, 0.3) is 0 Å². The number of tetrazole rings is 1. The van der Waals surface area contributed by atoms with Gasteiger partial charge in [-0.05, 0) is 53.8 Å². The van der Waals surface area contributed by atoms with Gasteiger partial charge >= 0.3 is 0 Å². The van der Waals surface area contributed by atoms with Crippen LogP contribution in [0.5, 0.6) is 0 Å². The second-order valence-corrected chi connectivity index (χ2v) is 5.77. The van der Waals surface area contributed by atoms with Gasteiger partial charge in [-0.15, -0.1) is 5.10 Å². The van der Waals surface area contributed by atoms with Crippen molar-refractivity contribution in [1.29, 1.82) is 0 Å². The molecule has 1 saturated carbocycles. The highest BCUT2D eigenvalue weighted by Crippen LogP contribution is 2.28. The van der Waals surface area contributed by atoms with Crippen LogP contribution in [0.4, 0.5) is 5.69 Å². The van der Waals surface area contributed by atoms with Gasteiger partial charge in [0.15, 0.2) is 0 Å². The summed E-state index contributed by atoms with van der Waals surface area (Å²) in [6.45, 7) is 4.48. The summed E-state index contributed by atoms with van der Waals surface area (Å²) >= 11 is 0. The van der Waals surface area contributed by atoms with Gasteiger partial charge in [0.1, 0.15) is 6.33 Å². The number of hydrogen-bond donors (Lipinski definition) is 1. The standard InChI is InChI=1S/C15H21N5/c1-11-5-3-4-6-14(11)17-15-9-13(8-7-12(15)2)20-10-16-18-19-20/h7-11,14,17H,3-6H2,1-2H3. The molecule has 0 amide bonds. The van der Waals surface area contributed by atoms with Crippen molar-refractivity contribution in [3.05, 3.63) is 30.1 Å². The van der Waals surface area contributed by atoms with Crippen molar-refractivity contribution in [3.8, 4) is 5.69 Å². The summed E-state index contributed by atoms with van der Waals surface area (Å²) in [6, 6.07) is 6.87. The number of anilines is 1. The van der Waals surface area contributed by atoms with Crippen molar-refractivity contribution < 1.29 is 0 Å². The van der Waals surface area contributed by atoms with Gasteiger partial charge in [0, 0.05) is 11.7 Å². The number of aromatic nitrogens is 4. The predicted molar refractivity (Wildman–Crippen MR) is 78.9 cm³/mol. The number of benzene rings is 1. The van der Waals surface area contributed by atoms with Gasteiger partial charge in [-0.1, -0.05) is 25.8 Å². The van der Waals surface area contributed by atoms with Crippen molar-refractivity contribution >= 4 is 5.69 Å². The minimum atomic E-state index is 0.576. The maximum atomic E-state index is 3.95. The summed E-state index contributed by atoms with van der Waals surface area (Å²) in [7, 11) is 0. The smallest absolute Gasteiger partial charge is 0.143 e. The molecule has 5 nitrogen and oxygen atoms in total. The van der Waals surface area contributed by atoms with E-state index in [1.165, 1.54) is 36.9 Å². The van der Waals surface area contributed by atoms with Gasteiger partial charge < -0.3 is 5.32 Å². The zero-order chi connectivity index (χ0) is 13.9. The van der Waals surface area contributed by atoms with E-state index in [1.54, 1.807) is 11.0 Å². The van der Waals surface area contributed by atoms with Gasteiger partial charge in [0.2, 0.25) is 0 Å². The molecule has 1 fully saturated rings. The highest BCUT2D eigenvalue weighted by atomic mass is 15.5. The molecule has 1 aromatic heterocycles. The van der Waals surface area contributed by atoms with Gasteiger partial charge in [0.05, 0.1) is 5.69 Å². The first-order chi connectivity index (χ1) is 9.74. The Morgan fingerprint density at radius 1 is 1.25 bits per heavy atom. The van der Waals surface area contributed by atoms with Crippen LogP contribution in [0.2, 0.25) is 0 Å². The van der Waals surface area contributed by atoms with Crippen molar-refractivity contribution in [2.24, 2.45) is 5.92 Å². The molecule has 0 radical (unpaired) electrons. The van der Waals surface area contributed by atoms with E-state index >= 15 is 0 Å². The van der Waals surface area contributed by atoms with Crippen molar-refractivity contribution in [3.63, 3.8) is 0 Å². The van der Waals surface area contributed by atoms with E-state index in [4.69, 9.17) is 0 Å². The van der Waals surface area contributed by atoms with Crippen LogP contribution < -0.4 is 5.32 Å². The molecule has 2 unspecified atom stereocenters. The lowest BCUT2D eigenvalue weighted by molar-refractivity contribution is 0.349. The number of rotatable bonds is 3. The average Bonchev–Trinajstić information content (AvgIpc) is 2.98. The fraction of sp³-hybridized carbons (Fsp3) is 0.533. The largest absolute Gasteiger partial charge is 0.382 e. The maximum absolute atomic E-state index is 3.95. The molecule has 1 aliphatic rings. The fourth-order valence-electron chi connectivity index (χ4n) is 2.92. The summed E-state index contributed by atoms with van der Waals surface area (Å²) in [4.78, 5) is 0. The predicted octanol–water partition coefficient (Wildman–Crippen LogP) is 2.96. The minimum absolute atomic E-state index is 0.576.